The lowest BCUT2D eigenvalue weighted by Crippen LogP contribution is -2.10. The topological polar surface area (TPSA) is 42.1 Å². The van der Waals surface area contributed by atoms with Gasteiger partial charge in [-0.1, -0.05) is 6.07 Å². The summed E-state index contributed by atoms with van der Waals surface area (Å²) < 4.78 is 0. The molecule has 2 N–H and O–H groups in total. The summed E-state index contributed by atoms with van der Waals surface area (Å²) in [5.41, 5.74) is 6.69. The molecule has 1 rings (SSSR count). The lowest BCUT2D eigenvalue weighted by molar-refractivity contribution is 0.828. The number of hydrogen-bond acceptors (Lipinski definition) is 3. The molecule has 0 saturated heterocycles. The zero-order valence-corrected chi connectivity index (χ0v) is 8.33. The fourth-order valence-electron chi connectivity index (χ4n) is 1.14. The van der Waals surface area contributed by atoms with Crippen molar-refractivity contribution < 1.29 is 0 Å². The number of hydrogen-bond donors (Lipinski definition) is 1. The highest BCUT2D eigenvalue weighted by Crippen LogP contribution is 2.08. The van der Waals surface area contributed by atoms with Crippen molar-refractivity contribution in [3.05, 3.63) is 23.9 Å². The molecule has 0 amide bonds. The van der Waals surface area contributed by atoms with E-state index >= 15 is 0 Å². The molecule has 0 radical (unpaired) electrons. The number of aryl methyl sites for hydroxylation is 1. The minimum absolute atomic E-state index is 0.745. The molecule has 0 bridgehead atoms. The second kappa shape index (κ2) is 4.82. The number of rotatable bonds is 4. The molecule has 1 aromatic heterocycles. The van der Waals surface area contributed by atoms with Crippen molar-refractivity contribution in [2.24, 2.45) is 5.73 Å². The number of aromatic nitrogens is 1. The van der Waals surface area contributed by atoms with E-state index in [1.165, 1.54) is 5.56 Å². The molecule has 3 nitrogen and oxygen atoms in total. The normalized spacial score (nSPS) is 10.1. The van der Waals surface area contributed by atoms with Crippen molar-refractivity contribution in [2.45, 2.75) is 12.8 Å². The molecule has 0 atom stereocenters. The minimum atomic E-state index is 0.745. The van der Waals surface area contributed by atoms with Crippen LogP contribution in [0.1, 0.15) is 12.0 Å². The number of anilines is 1. The van der Waals surface area contributed by atoms with Gasteiger partial charge in [0.15, 0.2) is 0 Å². The maximum Gasteiger partial charge on any atom is 0.127 e. The van der Waals surface area contributed by atoms with Crippen LogP contribution < -0.4 is 10.6 Å². The van der Waals surface area contributed by atoms with Crippen LogP contribution in [0.15, 0.2) is 18.3 Å². The van der Waals surface area contributed by atoms with Gasteiger partial charge in [0, 0.05) is 20.3 Å². The minimum Gasteiger partial charge on any atom is -0.363 e. The van der Waals surface area contributed by atoms with Crippen LogP contribution in [-0.2, 0) is 6.42 Å². The monoisotopic (exact) mass is 179 g/mol. The molecule has 0 unspecified atom stereocenters. The van der Waals surface area contributed by atoms with E-state index in [0.29, 0.717) is 0 Å². The van der Waals surface area contributed by atoms with Crippen molar-refractivity contribution in [1.29, 1.82) is 0 Å². The van der Waals surface area contributed by atoms with Gasteiger partial charge in [-0.3, -0.25) is 0 Å². The molecule has 13 heavy (non-hydrogen) atoms. The van der Waals surface area contributed by atoms with Gasteiger partial charge in [-0.05, 0) is 31.0 Å². The Kier molecular flexibility index (Phi) is 3.71. The van der Waals surface area contributed by atoms with E-state index < -0.39 is 0 Å². The number of pyridine rings is 1. The van der Waals surface area contributed by atoms with Gasteiger partial charge >= 0.3 is 0 Å². The molecule has 0 aliphatic rings. The summed E-state index contributed by atoms with van der Waals surface area (Å²) in [6.45, 7) is 0.745. The molecule has 0 aliphatic carbocycles. The van der Waals surface area contributed by atoms with Crippen molar-refractivity contribution in [3.63, 3.8) is 0 Å². The Morgan fingerprint density at radius 2 is 2.15 bits per heavy atom. The zero-order valence-electron chi connectivity index (χ0n) is 8.33. The largest absolute Gasteiger partial charge is 0.363 e. The van der Waals surface area contributed by atoms with E-state index in [-0.39, 0.29) is 0 Å². The van der Waals surface area contributed by atoms with Crippen LogP contribution in [0.25, 0.3) is 0 Å². The van der Waals surface area contributed by atoms with Crippen LogP contribution >= 0.6 is 0 Å². The average molecular weight is 179 g/mol. The second-order valence-electron chi connectivity index (χ2n) is 3.31. The molecule has 3 heteroatoms. The molecule has 0 spiro atoms. The first-order valence-corrected chi connectivity index (χ1v) is 4.56. The molecule has 0 saturated carbocycles. The van der Waals surface area contributed by atoms with Crippen LogP contribution in [0.5, 0.6) is 0 Å². The smallest absolute Gasteiger partial charge is 0.127 e. The summed E-state index contributed by atoms with van der Waals surface area (Å²) >= 11 is 0. The lowest BCUT2D eigenvalue weighted by atomic mass is 10.1. The first-order valence-electron chi connectivity index (χ1n) is 4.56. The third-order valence-corrected chi connectivity index (χ3v) is 1.94. The van der Waals surface area contributed by atoms with Crippen molar-refractivity contribution in [1.82, 2.24) is 4.98 Å². The molecule has 1 heterocycles. The van der Waals surface area contributed by atoms with Gasteiger partial charge in [-0.25, -0.2) is 4.98 Å². The van der Waals surface area contributed by atoms with Gasteiger partial charge in [0.05, 0.1) is 0 Å². The summed E-state index contributed by atoms with van der Waals surface area (Å²) in [6, 6.07) is 4.14. The highest BCUT2D eigenvalue weighted by Gasteiger charge is 1.96. The van der Waals surface area contributed by atoms with Crippen LogP contribution in [-0.4, -0.2) is 25.6 Å². The fourth-order valence-corrected chi connectivity index (χ4v) is 1.14. The summed E-state index contributed by atoms with van der Waals surface area (Å²) in [7, 11) is 3.98. The van der Waals surface area contributed by atoms with Gasteiger partial charge in [0.25, 0.3) is 0 Å². The van der Waals surface area contributed by atoms with E-state index in [4.69, 9.17) is 5.73 Å². The Morgan fingerprint density at radius 3 is 2.62 bits per heavy atom. The predicted molar refractivity (Wildman–Crippen MR) is 55.9 cm³/mol. The number of nitrogens with zero attached hydrogens (tertiary/aromatic N) is 2. The van der Waals surface area contributed by atoms with Crippen molar-refractivity contribution in [2.75, 3.05) is 25.5 Å². The van der Waals surface area contributed by atoms with Crippen LogP contribution in [0, 0.1) is 0 Å². The SMILES string of the molecule is CN(C)c1ccc(CCCN)cn1. The van der Waals surface area contributed by atoms with Crippen molar-refractivity contribution in [3.8, 4) is 0 Å². The molecule has 0 aromatic carbocycles. The highest BCUT2D eigenvalue weighted by atomic mass is 15.1. The van der Waals surface area contributed by atoms with Crippen LogP contribution in [0.4, 0.5) is 5.82 Å². The quantitative estimate of drug-likeness (QED) is 0.751. The molecule has 1 aromatic rings. The van der Waals surface area contributed by atoms with E-state index in [9.17, 15) is 0 Å². The number of nitrogens with two attached hydrogens (primary N) is 1. The first kappa shape index (κ1) is 9.99. The van der Waals surface area contributed by atoms with Crippen LogP contribution in [0.2, 0.25) is 0 Å². The average Bonchev–Trinajstić information content (AvgIpc) is 2.15. The maximum atomic E-state index is 5.43. The van der Waals surface area contributed by atoms with Gasteiger partial charge < -0.3 is 10.6 Å². The van der Waals surface area contributed by atoms with E-state index in [2.05, 4.69) is 11.1 Å². The van der Waals surface area contributed by atoms with Gasteiger partial charge in [0.2, 0.25) is 0 Å². The van der Waals surface area contributed by atoms with Crippen LogP contribution in [0.3, 0.4) is 0 Å². The summed E-state index contributed by atoms with van der Waals surface area (Å²) in [5, 5.41) is 0. The Labute approximate surface area is 79.6 Å². The highest BCUT2D eigenvalue weighted by molar-refractivity contribution is 5.37. The molecular weight excluding hydrogens is 162 g/mol. The molecule has 72 valence electrons. The van der Waals surface area contributed by atoms with Gasteiger partial charge in [-0.15, -0.1) is 0 Å². The zero-order chi connectivity index (χ0) is 9.68. The van der Waals surface area contributed by atoms with E-state index in [0.717, 1.165) is 25.2 Å². The summed E-state index contributed by atoms with van der Waals surface area (Å²) in [5.74, 6) is 0.997. The summed E-state index contributed by atoms with van der Waals surface area (Å²) in [4.78, 5) is 6.31. The molecule has 0 fully saturated rings. The third-order valence-electron chi connectivity index (χ3n) is 1.94. The lowest BCUT2D eigenvalue weighted by Gasteiger charge is -2.10. The Balaban J connectivity index is 2.59. The summed E-state index contributed by atoms with van der Waals surface area (Å²) in [6.07, 6.45) is 3.98. The Bertz CT molecular complexity index is 241. The molecular formula is C10H17N3. The van der Waals surface area contributed by atoms with E-state index in [1.807, 2.05) is 31.3 Å². The predicted octanol–water partition coefficient (Wildman–Crippen LogP) is 1.04. The molecule has 0 aliphatic heterocycles. The van der Waals surface area contributed by atoms with E-state index in [1.54, 1.807) is 0 Å². The van der Waals surface area contributed by atoms with Gasteiger partial charge in [0.1, 0.15) is 5.82 Å². The Hall–Kier alpha value is -1.09. The maximum absolute atomic E-state index is 5.43. The van der Waals surface area contributed by atoms with Gasteiger partial charge in [-0.2, -0.15) is 0 Å². The van der Waals surface area contributed by atoms with Crippen molar-refractivity contribution >= 4 is 5.82 Å². The Morgan fingerprint density at radius 1 is 1.38 bits per heavy atom. The first-order chi connectivity index (χ1) is 6.24. The third kappa shape index (κ3) is 3.03. The second-order valence-corrected chi connectivity index (χ2v) is 3.31. The fraction of sp³-hybridized carbons (Fsp3) is 0.500. The standard InChI is InChI=1S/C10H17N3/c1-13(2)10-6-5-9(8-12-10)4-3-7-11/h5-6,8H,3-4,7,11H2,1-2H3.